The van der Waals surface area contributed by atoms with Gasteiger partial charge < -0.3 is 15.0 Å². The molecule has 3 rings (SSSR count). The van der Waals surface area contributed by atoms with Crippen LogP contribution in [0, 0.1) is 0 Å². The first-order valence-electron chi connectivity index (χ1n) is 8.99. The van der Waals surface area contributed by atoms with Crippen molar-refractivity contribution < 1.29 is 9.53 Å². The van der Waals surface area contributed by atoms with Crippen molar-refractivity contribution in [2.24, 2.45) is 0 Å². The molecule has 0 radical (unpaired) electrons. The van der Waals surface area contributed by atoms with Crippen LogP contribution in [0.2, 0.25) is 10.0 Å². The predicted molar refractivity (Wildman–Crippen MR) is 110 cm³/mol. The highest BCUT2D eigenvalue weighted by atomic mass is 35.5. The van der Waals surface area contributed by atoms with E-state index in [0.29, 0.717) is 22.3 Å². The summed E-state index contributed by atoms with van der Waals surface area (Å²) in [5.41, 5.74) is 1.27. The predicted octanol–water partition coefficient (Wildman–Crippen LogP) is 3.31. The zero-order chi connectivity index (χ0) is 19.1. The van der Waals surface area contributed by atoms with Gasteiger partial charge in [-0.3, -0.25) is 9.69 Å². The molecule has 1 heterocycles. The fraction of sp³-hybridized carbons (Fsp3) is 0.350. The quantitative estimate of drug-likeness (QED) is 0.764. The first kappa shape index (κ1) is 19.8. The molecule has 1 saturated heterocycles. The number of carbonyl (C=O) groups excluding carboxylic acids is 1. The number of halogens is 2. The van der Waals surface area contributed by atoms with Crippen LogP contribution in [-0.2, 0) is 4.79 Å². The molecule has 1 aliphatic rings. The van der Waals surface area contributed by atoms with E-state index in [2.05, 4.69) is 39.4 Å². The summed E-state index contributed by atoms with van der Waals surface area (Å²) in [5.74, 6) is 0.376. The molecule has 1 fully saturated rings. The molecule has 7 heteroatoms. The topological polar surface area (TPSA) is 44.8 Å². The lowest BCUT2D eigenvalue weighted by molar-refractivity contribution is -0.123. The van der Waals surface area contributed by atoms with Gasteiger partial charge in [-0.1, -0.05) is 41.4 Å². The molecular formula is C20H23Cl2N3O2. The third-order valence-corrected chi connectivity index (χ3v) is 5.24. The number of amides is 1. The van der Waals surface area contributed by atoms with Gasteiger partial charge in [-0.15, -0.1) is 0 Å². The number of nitrogens with zero attached hydrogens (tertiary/aromatic N) is 2. The smallest absolute Gasteiger partial charge is 0.257 e. The summed E-state index contributed by atoms with van der Waals surface area (Å²) in [4.78, 5) is 16.7. The molecule has 2 aromatic rings. The van der Waals surface area contributed by atoms with E-state index >= 15 is 0 Å². The van der Waals surface area contributed by atoms with Crippen LogP contribution >= 0.6 is 23.2 Å². The highest BCUT2D eigenvalue weighted by Gasteiger charge is 2.16. The van der Waals surface area contributed by atoms with Crippen molar-refractivity contribution in [3.63, 3.8) is 0 Å². The van der Waals surface area contributed by atoms with Crippen LogP contribution in [-0.4, -0.2) is 56.7 Å². The number of para-hydroxylation sites is 1. The SMILES string of the molecule is O=C(COc1ccc(Cl)c(Cl)c1)NCCN1CCN(c2ccccc2)CC1. The van der Waals surface area contributed by atoms with Crippen LogP contribution in [0.3, 0.4) is 0 Å². The third-order valence-electron chi connectivity index (χ3n) is 4.50. The molecule has 0 atom stereocenters. The van der Waals surface area contributed by atoms with E-state index in [9.17, 15) is 4.79 Å². The van der Waals surface area contributed by atoms with Crippen molar-refractivity contribution in [3.05, 3.63) is 58.6 Å². The van der Waals surface area contributed by atoms with E-state index in [1.807, 2.05) is 6.07 Å². The van der Waals surface area contributed by atoms with E-state index < -0.39 is 0 Å². The molecule has 0 saturated carbocycles. The van der Waals surface area contributed by atoms with E-state index in [1.165, 1.54) is 5.69 Å². The number of nitrogens with one attached hydrogen (secondary N) is 1. The minimum Gasteiger partial charge on any atom is -0.484 e. The van der Waals surface area contributed by atoms with Crippen molar-refractivity contribution in [1.82, 2.24) is 10.2 Å². The number of hydrogen-bond acceptors (Lipinski definition) is 4. The summed E-state index contributed by atoms with van der Waals surface area (Å²) in [7, 11) is 0. The minimum atomic E-state index is -0.149. The van der Waals surface area contributed by atoms with E-state index in [1.54, 1.807) is 18.2 Å². The summed E-state index contributed by atoms with van der Waals surface area (Å²) in [6.45, 7) is 5.38. The van der Waals surface area contributed by atoms with E-state index in [-0.39, 0.29) is 12.5 Å². The molecular weight excluding hydrogens is 385 g/mol. The van der Waals surface area contributed by atoms with Crippen LogP contribution in [0.4, 0.5) is 5.69 Å². The molecule has 1 N–H and O–H groups in total. The minimum absolute atomic E-state index is 0.0419. The second-order valence-electron chi connectivity index (χ2n) is 6.38. The second kappa shape index (κ2) is 9.83. The van der Waals surface area contributed by atoms with Gasteiger partial charge in [0, 0.05) is 51.0 Å². The number of hydrogen-bond donors (Lipinski definition) is 1. The Kier molecular flexibility index (Phi) is 7.21. The first-order valence-corrected chi connectivity index (χ1v) is 9.74. The van der Waals surface area contributed by atoms with Gasteiger partial charge in [-0.05, 0) is 24.3 Å². The molecule has 1 amide bonds. The Balaban J connectivity index is 1.32. The number of anilines is 1. The van der Waals surface area contributed by atoms with Gasteiger partial charge in [0.25, 0.3) is 5.91 Å². The van der Waals surface area contributed by atoms with Gasteiger partial charge in [-0.2, -0.15) is 0 Å². The molecule has 2 aromatic carbocycles. The largest absolute Gasteiger partial charge is 0.484 e. The van der Waals surface area contributed by atoms with Gasteiger partial charge >= 0.3 is 0 Å². The molecule has 27 heavy (non-hydrogen) atoms. The fourth-order valence-electron chi connectivity index (χ4n) is 2.99. The summed E-state index contributed by atoms with van der Waals surface area (Å²) < 4.78 is 5.43. The zero-order valence-corrected chi connectivity index (χ0v) is 16.5. The Morgan fingerprint density at radius 2 is 1.74 bits per heavy atom. The summed E-state index contributed by atoms with van der Waals surface area (Å²) >= 11 is 11.8. The van der Waals surface area contributed by atoms with Crippen molar-refractivity contribution in [2.75, 3.05) is 50.8 Å². The zero-order valence-electron chi connectivity index (χ0n) is 15.0. The van der Waals surface area contributed by atoms with Crippen LogP contribution in [0.25, 0.3) is 0 Å². The van der Waals surface area contributed by atoms with Gasteiger partial charge in [-0.25, -0.2) is 0 Å². The van der Waals surface area contributed by atoms with Crippen LogP contribution in [0.15, 0.2) is 48.5 Å². The number of rotatable bonds is 7. The Morgan fingerprint density at radius 1 is 1.00 bits per heavy atom. The molecule has 0 aliphatic carbocycles. The van der Waals surface area contributed by atoms with Crippen LogP contribution in [0.5, 0.6) is 5.75 Å². The lowest BCUT2D eigenvalue weighted by Gasteiger charge is -2.36. The lowest BCUT2D eigenvalue weighted by atomic mass is 10.2. The van der Waals surface area contributed by atoms with E-state index in [0.717, 1.165) is 32.7 Å². The highest BCUT2D eigenvalue weighted by Crippen LogP contribution is 2.26. The van der Waals surface area contributed by atoms with Gasteiger partial charge in [0.05, 0.1) is 10.0 Å². The Morgan fingerprint density at radius 3 is 2.44 bits per heavy atom. The molecule has 1 aliphatic heterocycles. The number of carbonyl (C=O) groups is 1. The molecule has 0 aromatic heterocycles. The molecule has 0 spiro atoms. The molecule has 5 nitrogen and oxygen atoms in total. The molecule has 0 bridgehead atoms. The van der Waals surface area contributed by atoms with Crippen molar-refractivity contribution in [1.29, 1.82) is 0 Å². The maximum absolute atomic E-state index is 11.9. The first-order chi connectivity index (χ1) is 13.1. The maximum atomic E-state index is 11.9. The second-order valence-corrected chi connectivity index (χ2v) is 7.19. The Bertz CT molecular complexity index is 750. The number of ether oxygens (including phenoxy) is 1. The lowest BCUT2D eigenvalue weighted by Crippen LogP contribution is -2.48. The standard InChI is InChI=1S/C20H23Cl2N3O2/c21-18-7-6-17(14-19(18)22)27-15-20(26)23-8-9-24-10-12-25(13-11-24)16-4-2-1-3-5-16/h1-7,14H,8-13,15H2,(H,23,26). The average Bonchev–Trinajstić information content (AvgIpc) is 2.70. The molecule has 0 unspecified atom stereocenters. The normalized spacial score (nSPS) is 14.8. The van der Waals surface area contributed by atoms with Gasteiger partial charge in [0.1, 0.15) is 5.75 Å². The monoisotopic (exact) mass is 407 g/mol. The third kappa shape index (κ3) is 6.03. The number of piperazine rings is 1. The van der Waals surface area contributed by atoms with Crippen molar-refractivity contribution in [3.8, 4) is 5.75 Å². The number of benzene rings is 2. The highest BCUT2D eigenvalue weighted by molar-refractivity contribution is 6.42. The van der Waals surface area contributed by atoms with Crippen LogP contribution < -0.4 is 15.0 Å². The maximum Gasteiger partial charge on any atom is 0.257 e. The Hall–Kier alpha value is -1.95. The summed E-state index contributed by atoms with van der Waals surface area (Å²) in [5, 5.41) is 3.76. The summed E-state index contributed by atoms with van der Waals surface area (Å²) in [6, 6.07) is 15.4. The fourth-order valence-corrected chi connectivity index (χ4v) is 3.28. The van der Waals surface area contributed by atoms with Crippen molar-refractivity contribution in [2.45, 2.75) is 0 Å². The van der Waals surface area contributed by atoms with Gasteiger partial charge in [0.2, 0.25) is 0 Å². The Labute approximate surface area is 169 Å². The van der Waals surface area contributed by atoms with Gasteiger partial charge in [0.15, 0.2) is 6.61 Å². The summed E-state index contributed by atoms with van der Waals surface area (Å²) in [6.07, 6.45) is 0. The average molecular weight is 408 g/mol. The van der Waals surface area contributed by atoms with Crippen molar-refractivity contribution >= 4 is 34.8 Å². The van der Waals surface area contributed by atoms with Crippen LogP contribution in [0.1, 0.15) is 0 Å². The molecule has 144 valence electrons. The van der Waals surface area contributed by atoms with E-state index in [4.69, 9.17) is 27.9 Å².